The van der Waals surface area contributed by atoms with Crippen LogP contribution in [0.4, 0.5) is 0 Å². The third-order valence-corrected chi connectivity index (χ3v) is 1.87. The van der Waals surface area contributed by atoms with Gasteiger partial charge in [0.05, 0.1) is 6.07 Å². The lowest BCUT2D eigenvalue weighted by Crippen LogP contribution is -2.24. The standard InChI is InChI=1S/C10H17NO/c1-8(2)7-9(12)10(3,4)5-6-11/h8H,5,7H2,1-4H3. The van der Waals surface area contributed by atoms with Crippen molar-refractivity contribution in [1.29, 1.82) is 5.26 Å². The Morgan fingerprint density at radius 3 is 2.33 bits per heavy atom. The summed E-state index contributed by atoms with van der Waals surface area (Å²) in [4.78, 5) is 11.5. The zero-order valence-corrected chi connectivity index (χ0v) is 8.35. The van der Waals surface area contributed by atoms with Crippen LogP contribution < -0.4 is 0 Å². The Bertz CT molecular complexity index is 198. The van der Waals surface area contributed by atoms with E-state index in [1.54, 1.807) is 0 Å². The molecule has 0 amide bonds. The van der Waals surface area contributed by atoms with Crippen LogP contribution in [0.2, 0.25) is 0 Å². The van der Waals surface area contributed by atoms with Crippen LogP contribution in [0.25, 0.3) is 0 Å². The zero-order chi connectivity index (χ0) is 9.78. The maximum Gasteiger partial charge on any atom is 0.139 e. The molecular formula is C10H17NO. The van der Waals surface area contributed by atoms with Gasteiger partial charge in [-0.1, -0.05) is 27.7 Å². The van der Waals surface area contributed by atoms with Gasteiger partial charge in [-0.15, -0.1) is 0 Å². The minimum Gasteiger partial charge on any atom is -0.299 e. The minimum absolute atomic E-state index is 0.194. The Hall–Kier alpha value is -0.840. The summed E-state index contributed by atoms with van der Waals surface area (Å²) < 4.78 is 0. The Morgan fingerprint density at radius 1 is 1.50 bits per heavy atom. The van der Waals surface area contributed by atoms with E-state index in [1.807, 2.05) is 33.8 Å². The fourth-order valence-electron chi connectivity index (χ4n) is 0.943. The Labute approximate surface area is 74.6 Å². The summed E-state index contributed by atoms with van der Waals surface area (Å²) in [6.07, 6.45) is 0.896. The molecular weight excluding hydrogens is 150 g/mol. The molecule has 68 valence electrons. The smallest absolute Gasteiger partial charge is 0.139 e. The molecule has 0 aromatic heterocycles. The zero-order valence-electron chi connectivity index (χ0n) is 8.35. The highest BCUT2D eigenvalue weighted by molar-refractivity contribution is 5.84. The van der Waals surface area contributed by atoms with Crippen LogP contribution in [-0.2, 0) is 4.79 Å². The lowest BCUT2D eigenvalue weighted by molar-refractivity contribution is -0.127. The lowest BCUT2D eigenvalue weighted by Gasteiger charge is -2.20. The molecule has 0 heterocycles. The van der Waals surface area contributed by atoms with Crippen LogP contribution in [-0.4, -0.2) is 5.78 Å². The van der Waals surface area contributed by atoms with Crippen LogP contribution in [0.1, 0.15) is 40.5 Å². The van der Waals surface area contributed by atoms with Gasteiger partial charge >= 0.3 is 0 Å². The van der Waals surface area contributed by atoms with Crippen molar-refractivity contribution < 1.29 is 4.79 Å². The normalized spacial score (nSPS) is 11.3. The number of rotatable bonds is 4. The summed E-state index contributed by atoms with van der Waals surface area (Å²) in [5.74, 6) is 0.578. The second-order valence-electron chi connectivity index (χ2n) is 4.24. The number of nitrogens with zero attached hydrogens (tertiary/aromatic N) is 1. The third-order valence-electron chi connectivity index (χ3n) is 1.87. The van der Waals surface area contributed by atoms with Gasteiger partial charge in [-0.3, -0.25) is 4.79 Å². The SMILES string of the molecule is CC(C)CC(=O)C(C)(C)CC#N. The molecule has 0 bridgehead atoms. The average molecular weight is 167 g/mol. The first kappa shape index (κ1) is 11.2. The summed E-state index contributed by atoms with van der Waals surface area (Å²) in [6.45, 7) is 7.70. The average Bonchev–Trinajstić information content (AvgIpc) is 1.85. The lowest BCUT2D eigenvalue weighted by atomic mass is 9.81. The second-order valence-corrected chi connectivity index (χ2v) is 4.24. The number of carbonyl (C=O) groups excluding carboxylic acids is 1. The van der Waals surface area contributed by atoms with Crippen molar-refractivity contribution in [3.63, 3.8) is 0 Å². The van der Waals surface area contributed by atoms with Gasteiger partial charge in [0.15, 0.2) is 0 Å². The molecule has 0 saturated heterocycles. The van der Waals surface area contributed by atoms with Gasteiger partial charge in [0.2, 0.25) is 0 Å². The number of carbonyl (C=O) groups is 1. The molecule has 0 aromatic carbocycles. The highest BCUT2D eigenvalue weighted by Gasteiger charge is 2.27. The maximum atomic E-state index is 11.5. The summed E-state index contributed by atoms with van der Waals surface area (Å²) in [5, 5.41) is 8.48. The fourth-order valence-corrected chi connectivity index (χ4v) is 0.943. The predicted molar refractivity (Wildman–Crippen MR) is 48.5 cm³/mol. The topological polar surface area (TPSA) is 40.9 Å². The first-order valence-corrected chi connectivity index (χ1v) is 4.30. The summed E-state index contributed by atoms with van der Waals surface area (Å²) in [7, 11) is 0. The van der Waals surface area contributed by atoms with E-state index >= 15 is 0 Å². The van der Waals surface area contributed by atoms with Crippen molar-refractivity contribution in [2.24, 2.45) is 11.3 Å². The Kier molecular flexibility index (Phi) is 3.95. The first-order valence-electron chi connectivity index (χ1n) is 4.30. The van der Waals surface area contributed by atoms with Crippen LogP contribution in [0.15, 0.2) is 0 Å². The van der Waals surface area contributed by atoms with E-state index in [1.165, 1.54) is 0 Å². The molecule has 0 N–H and O–H groups in total. The largest absolute Gasteiger partial charge is 0.299 e. The molecule has 0 spiro atoms. The Morgan fingerprint density at radius 2 is 2.00 bits per heavy atom. The van der Waals surface area contributed by atoms with Crippen molar-refractivity contribution >= 4 is 5.78 Å². The number of hydrogen-bond donors (Lipinski definition) is 0. The molecule has 0 saturated carbocycles. The molecule has 0 fully saturated rings. The molecule has 2 nitrogen and oxygen atoms in total. The molecule has 0 radical (unpaired) electrons. The number of Topliss-reactive ketones (excluding diaryl/α,β-unsaturated/α-hetero) is 1. The number of ketones is 1. The highest BCUT2D eigenvalue weighted by Crippen LogP contribution is 2.24. The van der Waals surface area contributed by atoms with Gasteiger partial charge in [0.1, 0.15) is 5.78 Å². The maximum absolute atomic E-state index is 11.5. The number of hydrogen-bond acceptors (Lipinski definition) is 2. The third kappa shape index (κ3) is 3.52. The van der Waals surface area contributed by atoms with Crippen molar-refractivity contribution in [3.05, 3.63) is 0 Å². The first-order chi connectivity index (χ1) is 5.40. The van der Waals surface area contributed by atoms with Crippen LogP contribution >= 0.6 is 0 Å². The summed E-state index contributed by atoms with van der Waals surface area (Å²) in [6, 6.07) is 2.04. The van der Waals surface area contributed by atoms with Crippen molar-refractivity contribution in [1.82, 2.24) is 0 Å². The quantitative estimate of drug-likeness (QED) is 0.645. The van der Waals surface area contributed by atoms with Crippen molar-refractivity contribution in [3.8, 4) is 6.07 Å². The van der Waals surface area contributed by atoms with Gasteiger partial charge in [-0.25, -0.2) is 0 Å². The molecule has 0 aliphatic heterocycles. The van der Waals surface area contributed by atoms with Crippen LogP contribution in [0, 0.1) is 22.7 Å². The molecule has 0 aliphatic carbocycles. The summed E-state index contributed by atoms with van der Waals surface area (Å²) in [5.41, 5.74) is -0.459. The van der Waals surface area contributed by atoms with Gasteiger partial charge in [-0.2, -0.15) is 5.26 Å². The molecule has 0 rings (SSSR count). The molecule has 0 atom stereocenters. The second kappa shape index (κ2) is 4.25. The van der Waals surface area contributed by atoms with E-state index < -0.39 is 5.41 Å². The Balaban J connectivity index is 4.18. The molecule has 0 unspecified atom stereocenters. The van der Waals surface area contributed by atoms with Gasteiger partial charge in [0.25, 0.3) is 0 Å². The van der Waals surface area contributed by atoms with Gasteiger partial charge < -0.3 is 0 Å². The van der Waals surface area contributed by atoms with Crippen LogP contribution in [0.3, 0.4) is 0 Å². The predicted octanol–water partition coefficient (Wildman–Crippen LogP) is 2.54. The van der Waals surface area contributed by atoms with Crippen LogP contribution in [0.5, 0.6) is 0 Å². The molecule has 0 aliphatic rings. The minimum atomic E-state index is -0.459. The van der Waals surface area contributed by atoms with E-state index in [4.69, 9.17) is 5.26 Å². The van der Waals surface area contributed by atoms with Gasteiger partial charge in [0, 0.05) is 18.3 Å². The molecule has 2 heteroatoms. The van der Waals surface area contributed by atoms with E-state index in [-0.39, 0.29) is 5.78 Å². The molecule has 0 aromatic rings. The number of nitriles is 1. The van der Waals surface area contributed by atoms with Crippen molar-refractivity contribution in [2.75, 3.05) is 0 Å². The summed E-state index contributed by atoms with van der Waals surface area (Å²) >= 11 is 0. The van der Waals surface area contributed by atoms with E-state index in [2.05, 4.69) is 0 Å². The highest BCUT2D eigenvalue weighted by atomic mass is 16.1. The van der Waals surface area contributed by atoms with Gasteiger partial charge in [-0.05, 0) is 5.92 Å². The molecule has 12 heavy (non-hydrogen) atoms. The van der Waals surface area contributed by atoms with E-state index in [0.29, 0.717) is 18.8 Å². The monoisotopic (exact) mass is 167 g/mol. The van der Waals surface area contributed by atoms with Crippen molar-refractivity contribution in [2.45, 2.75) is 40.5 Å². The van der Waals surface area contributed by atoms with E-state index in [9.17, 15) is 4.79 Å². The van der Waals surface area contributed by atoms with E-state index in [0.717, 1.165) is 0 Å². The fraction of sp³-hybridized carbons (Fsp3) is 0.800.